The van der Waals surface area contributed by atoms with E-state index in [-0.39, 0.29) is 6.10 Å². The Kier molecular flexibility index (Phi) is 6.05. The molecule has 5 nitrogen and oxygen atoms in total. The van der Waals surface area contributed by atoms with Crippen LogP contribution in [0.25, 0.3) is 0 Å². The number of hydrogen-bond donors (Lipinski definition) is 2. The molecule has 0 aromatic carbocycles. The molecule has 2 atom stereocenters. The number of likely N-dealkylation sites (N-methyl/N-ethyl adjacent to an activating group) is 1. The monoisotopic (exact) mass is 259 g/mol. The first kappa shape index (κ1) is 15.4. The van der Waals surface area contributed by atoms with E-state index in [2.05, 4.69) is 19.2 Å². The van der Waals surface area contributed by atoms with Crippen molar-refractivity contribution in [1.29, 1.82) is 0 Å². The second kappa shape index (κ2) is 7.07. The van der Waals surface area contributed by atoms with Crippen LogP contribution < -0.4 is 5.32 Å². The average Bonchev–Trinajstić information content (AvgIpc) is 2.73. The summed E-state index contributed by atoms with van der Waals surface area (Å²) in [5.41, 5.74) is -0.802. The van der Waals surface area contributed by atoms with Crippen molar-refractivity contribution in [3.63, 3.8) is 0 Å². The lowest BCUT2D eigenvalue weighted by Gasteiger charge is -2.23. The van der Waals surface area contributed by atoms with Gasteiger partial charge in [-0.3, -0.25) is 4.79 Å². The van der Waals surface area contributed by atoms with Gasteiger partial charge in [-0.1, -0.05) is 13.8 Å². The van der Waals surface area contributed by atoms with Crippen molar-refractivity contribution >= 4 is 5.97 Å². The molecule has 1 saturated carbocycles. The summed E-state index contributed by atoms with van der Waals surface area (Å²) >= 11 is 0. The molecule has 106 valence electrons. The molecule has 1 aliphatic carbocycles. The van der Waals surface area contributed by atoms with E-state index in [0.717, 1.165) is 13.0 Å². The average molecular weight is 259 g/mol. The van der Waals surface area contributed by atoms with Gasteiger partial charge < -0.3 is 19.9 Å². The van der Waals surface area contributed by atoms with Crippen LogP contribution in [0.4, 0.5) is 0 Å². The van der Waals surface area contributed by atoms with Crippen LogP contribution in [0.15, 0.2) is 0 Å². The van der Waals surface area contributed by atoms with Gasteiger partial charge in [-0.15, -0.1) is 0 Å². The maximum Gasteiger partial charge on any atom is 0.323 e. The second-order valence-corrected chi connectivity index (χ2v) is 5.34. The zero-order valence-electron chi connectivity index (χ0n) is 11.6. The summed E-state index contributed by atoms with van der Waals surface area (Å²) in [6.07, 6.45) is 1.97. The summed E-state index contributed by atoms with van der Waals surface area (Å²) in [5.74, 6) is -0.257. The fourth-order valence-electron chi connectivity index (χ4n) is 2.26. The zero-order chi connectivity index (χ0) is 13.6. The lowest BCUT2D eigenvalue weighted by molar-refractivity contribution is -0.144. The third-order valence-corrected chi connectivity index (χ3v) is 3.39. The normalized spacial score (nSPS) is 27.9. The van der Waals surface area contributed by atoms with Gasteiger partial charge in [0.15, 0.2) is 0 Å². The Morgan fingerprint density at radius 3 is 2.72 bits per heavy atom. The van der Waals surface area contributed by atoms with Crippen LogP contribution in [0, 0.1) is 5.92 Å². The minimum absolute atomic E-state index is 0.0243. The summed E-state index contributed by atoms with van der Waals surface area (Å²) in [7, 11) is 1.70. The van der Waals surface area contributed by atoms with Crippen molar-refractivity contribution < 1.29 is 19.4 Å². The van der Waals surface area contributed by atoms with Crippen molar-refractivity contribution in [2.45, 2.75) is 44.8 Å². The molecular formula is C13H25NO4. The number of hydrogen-bond acceptors (Lipinski definition) is 4. The largest absolute Gasteiger partial charge is 0.480 e. The highest BCUT2D eigenvalue weighted by molar-refractivity contribution is 5.79. The number of aliphatic carboxylic acids is 1. The third-order valence-electron chi connectivity index (χ3n) is 3.39. The predicted molar refractivity (Wildman–Crippen MR) is 68.7 cm³/mol. The van der Waals surface area contributed by atoms with Crippen molar-refractivity contribution in [2.24, 2.45) is 5.92 Å². The maximum atomic E-state index is 11.2. The Labute approximate surface area is 109 Å². The van der Waals surface area contributed by atoms with Gasteiger partial charge in [0.05, 0.1) is 19.3 Å². The Morgan fingerprint density at radius 2 is 2.22 bits per heavy atom. The highest BCUT2D eigenvalue weighted by Crippen LogP contribution is 2.31. The van der Waals surface area contributed by atoms with Gasteiger partial charge >= 0.3 is 5.97 Å². The van der Waals surface area contributed by atoms with Crippen molar-refractivity contribution in [1.82, 2.24) is 5.32 Å². The van der Waals surface area contributed by atoms with Crippen LogP contribution in [-0.4, -0.2) is 49.6 Å². The van der Waals surface area contributed by atoms with Crippen molar-refractivity contribution in [2.75, 3.05) is 26.9 Å². The molecule has 0 heterocycles. The highest BCUT2D eigenvalue weighted by atomic mass is 16.5. The van der Waals surface area contributed by atoms with E-state index < -0.39 is 11.5 Å². The van der Waals surface area contributed by atoms with E-state index in [0.29, 0.717) is 32.0 Å². The molecule has 1 rings (SSSR count). The molecule has 0 amide bonds. The molecule has 0 aromatic rings. The van der Waals surface area contributed by atoms with E-state index in [9.17, 15) is 9.90 Å². The fraction of sp³-hybridized carbons (Fsp3) is 0.923. The van der Waals surface area contributed by atoms with Gasteiger partial charge in [0.2, 0.25) is 0 Å². The van der Waals surface area contributed by atoms with Crippen LogP contribution in [-0.2, 0) is 14.3 Å². The lowest BCUT2D eigenvalue weighted by atomic mass is 9.98. The maximum absolute atomic E-state index is 11.2. The second-order valence-electron chi connectivity index (χ2n) is 5.34. The SMILES string of the molecule is CNC1(C(=O)O)CCC(OCCOCC(C)C)C1. The topological polar surface area (TPSA) is 67.8 Å². The van der Waals surface area contributed by atoms with Gasteiger partial charge in [-0.05, 0) is 25.8 Å². The molecule has 1 aliphatic rings. The van der Waals surface area contributed by atoms with Crippen molar-refractivity contribution in [3.05, 3.63) is 0 Å². The first-order chi connectivity index (χ1) is 8.50. The number of carboxylic acid groups (broad SMARTS) is 1. The smallest absolute Gasteiger partial charge is 0.323 e. The minimum atomic E-state index is -0.802. The molecule has 0 spiro atoms. The summed E-state index contributed by atoms with van der Waals surface area (Å²) in [5, 5.41) is 12.1. The number of nitrogens with one attached hydrogen (secondary N) is 1. The van der Waals surface area contributed by atoms with Crippen LogP contribution >= 0.6 is 0 Å². The van der Waals surface area contributed by atoms with Gasteiger partial charge in [-0.25, -0.2) is 0 Å². The molecular weight excluding hydrogens is 234 g/mol. The fourth-order valence-corrected chi connectivity index (χ4v) is 2.26. The minimum Gasteiger partial charge on any atom is -0.480 e. The predicted octanol–water partition coefficient (Wildman–Crippen LogP) is 1.27. The molecule has 1 fully saturated rings. The highest BCUT2D eigenvalue weighted by Gasteiger charge is 2.44. The van der Waals surface area contributed by atoms with E-state index in [1.54, 1.807) is 7.05 Å². The number of carbonyl (C=O) groups is 1. The van der Waals surface area contributed by atoms with Crippen molar-refractivity contribution in [3.8, 4) is 0 Å². The zero-order valence-corrected chi connectivity index (χ0v) is 11.6. The molecule has 0 aliphatic heterocycles. The van der Waals surface area contributed by atoms with E-state index in [1.165, 1.54) is 0 Å². The number of carboxylic acids is 1. The van der Waals surface area contributed by atoms with Crippen LogP contribution in [0.5, 0.6) is 0 Å². The first-order valence-electron chi connectivity index (χ1n) is 6.62. The molecule has 2 unspecified atom stereocenters. The van der Waals surface area contributed by atoms with Gasteiger partial charge in [0.1, 0.15) is 5.54 Å². The van der Waals surface area contributed by atoms with E-state index in [4.69, 9.17) is 9.47 Å². The van der Waals surface area contributed by atoms with Gasteiger partial charge in [-0.2, -0.15) is 0 Å². The Hall–Kier alpha value is -0.650. The number of rotatable bonds is 8. The molecule has 18 heavy (non-hydrogen) atoms. The summed E-state index contributed by atoms with van der Waals surface area (Å²) in [6.45, 7) is 6.06. The standard InChI is InChI=1S/C13H25NO4/c1-10(2)9-17-6-7-18-11-4-5-13(8-11,14-3)12(15)16/h10-11,14H,4-9H2,1-3H3,(H,15,16). The summed E-state index contributed by atoms with van der Waals surface area (Å²) < 4.78 is 11.1. The van der Waals surface area contributed by atoms with E-state index in [1.807, 2.05) is 0 Å². The summed E-state index contributed by atoms with van der Waals surface area (Å²) in [4.78, 5) is 11.2. The molecule has 0 bridgehead atoms. The van der Waals surface area contributed by atoms with Gasteiger partial charge in [0, 0.05) is 13.0 Å². The Morgan fingerprint density at radius 1 is 1.50 bits per heavy atom. The first-order valence-corrected chi connectivity index (χ1v) is 6.62. The van der Waals surface area contributed by atoms with E-state index >= 15 is 0 Å². The van der Waals surface area contributed by atoms with Crippen LogP contribution in [0.3, 0.4) is 0 Å². The molecule has 0 saturated heterocycles. The Bertz CT molecular complexity index is 270. The molecule has 2 N–H and O–H groups in total. The summed E-state index contributed by atoms with van der Waals surface area (Å²) in [6, 6.07) is 0. The number of ether oxygens (including phenoxy) is 2. The molecule has 0 radical (unpaired) electrons. The lowest BCUT2D eigenvalue weighted by Crippen LogP contribution is -2.48. The molecule has 5 heteroatoms. The quantitative estimate of drug-likeness (QED) is 0.643. The molecule has 0 aromatic heterocycles. The van der Waals surface area contributed by atoms with Gasteiger partial charge in [0.25, 0.3) is 0 Å². The Balaban J connectivity index is 2.20. The third kappa shape index (κ3) is 4.23. The van der Waals surface area contributed by atoms with Crippen LogP contribution in [0.1, 0.15) is 33.1 Å². The van der Waals surface area contributed by atoms with Crippen LogP contribution in [0.2, 0.25) is 0 Å².